The van der Waals surface area contributed by atoms with E-state index in [4.69, 9.17) is 20.4 Å². The van der Waals surface area contributed by atoms with Crippen molar-refractivity contribution in [2.24, 2.45) is 28.7 Å². The van der Waals surface area contributed by atoms with Gasteiger partial charge in [-0.05, 0) is 74.6 Å². The van der Waals surface area contributed by atoms with Crippen molar-refractivity contribution in [3.8, 4) is 17.3 Å². The maximum Gasteiger partial charge on any atom is 0.291 e. The number of alkyl halides is 2. The van der Waals surface area contributed by atoms with Gasteiger partial charge >= 0.3 is 0 Å². The molecular weight excluding hydrogens is 618 g/mol. The Morgan fingerprint density at radius 1 is 1.08 bits per heavy atom. The Morgan fingerprint density at radius 2 is 1.90 bits per heavy atom. The van der Waals surface area contributed by atoms with Gasteiger partial charge in [-0.15, -0.1) is 0 Å². The molecule has 2 fully saturated rings. The molecule has 11 nitrogen and oxygen atoms in total. The van der Waals surface area contributed by atoms with Crippen LogP contribution in [0.25, 0.3) is 39.2 Å². The van der Waals surface area contributed by atoms with Gasteiger partial charge in [0.25, 0.3) is 11.8 Å². The number of hydrogen-bond acceptors (Lipinski definition) is 7. The second-order valence-electron chi connectivity index (χ2n) is 13.1. The second-order valence-corrected chi connectivity index (χ2v) is 13.1. The highest BCUT2D eigenvalue weighted by Crippen LogP contribution is 2.38. The molecule has 4 aromatic rings. The van der Waals surface area contributed by atoms with E-state index >= 15 is 0 Å². The van der Waals surface area contributed by atoms with Crippen LogP contribution >= 0.6 is 0 Å². The molecule has 1 unspecified atom stereocenters. The van der Waals surface area contributed by atoms with Gasteiger partial charge in [0.2, 0.25) is 0 Å². The molecule has 1 aromatic carbocycles. The Kier molecular flexibility index (Phi) is 7.13. The summed E-state index contributed by atoms with van der Waals surface area (Å²) in [4.78, 5) is 45.9. The minimum Gasteiger partial charge on any atom is -0.494 e. The van der Waals surface area contributed by atoms with E-state index in [2.05, 4.69) is 14.6 Å². The zero-order chi connectivity index (χ0) is 33.4. The molecule has 1 saturated heterocycles. The third kappa shape index (κ3) is 5.13. The second kappa shape index (κ2) is 11.3. The number of halogens is 2. The number of nitrogens with zero attached hydrogens (tertiary/aromatic N) is 7. The number of rotatable bonds is 6. The van der Waals surface area contributed by atoms with Crippen LogP contribution in [0.4, 0.5) is 8.78 Å². The third-order valence-corrected chi connectivity index (χ3v) is 9.46. The Morgan fingerprint density at radius 3 is 2.65 bits per heavy atom. The lowest BCUT2D eigenvalue weighted by molar-refractivity contribution is -0.111. The van der Waals surface area contributed by atoms with Crippen molar-refractivity contribution in [3.05, 3.63) is 59.4 Å². The number of pyridine rings is 1. The first-order valence-corrected chi connectivity index (χ1v) is 16.1. The normalized spacial score (nSPS) is 22.8. The molecule has 2 amide bonds. The number of likely N-dealkylation sites (tertiary alicyclic amines) is 1. The van der Waals surface area contributed by atoms with Gasteiger partial charge in [-0.1, -0.05) is 0 Å². The van der Waals surface area contributed by atoms with Gasteiger partial charge in [-0.2, -0.15) is 0 Å². The molecule has 13 heteroatoms. The summed E-state index contributed by atoms with van der Waals surface area (Å²) in [5, 5.41) is 0.867. The highest BCUT2D eigenvalue weighted by molar-refractivity contribution is 6.47. The number of fused-ring (bicyclic) bond motifs is 3. The minimum absolute atomic E-state index is 0.00634. The van der Waals surface area contributed by atoms with E-state index in [1.165, 1.54) is 17.1 Å². The molecule has 2 N–H and O–H groups in total. The number of hydrogen-bond donors (Lipinski definition) is 1. The van der Waals surface area contributed by atoms with Crippen molar-refractivity contribution in [1.29, 1.82) is 0 Å². The number of piperidine rings is 1. The number of imidazole rings is 1. The number of amides is 2. The van der Waals surface area contributed by atoms with Crippen molar-refractivity contribution in [1.82, 2.24) is 24.0 Å². The van der Waals surface area contributed by atoms with Crippen molar-refractivity contribution in [2.45, 2.75) is 51.1 Å². The number of nitrogens with two attached hydrogens (primary N) is 1. The topological polar surface area (TPSA) is 133 Å². The first-order chi connectivity index (χ1) is 23.1. The van der Waals surface area contributed by atoms with Gasteiger partial charge in [0.1, 0.15) is 40.7 Å². The molecule has 4 aliphatic rings. The van der Waals surface area contributed by atoms with E-state index in [-0.39, 0.29) is 31.1 Å². The summed E-state index contributed by atoms with van der Waals surface area (Å²) in [6, 6.07) is 8.72. The predicted molar refractivity (Wildman–Crippen MR) is 179 cm³/mol. The number of aryl methyl sites for hydroxylation is 1. The van der Waals surface area contributed by atoms with Gasteiger partial charge in [0.05, 0.1) is 36.3 Å². The van der Waals surface area contributed by atoms with Crippen LogP contribution in [-0.2, 0) is 18.4 Å². The largest absolute Gasteiger partial charge is 0.494 e. The summed E-state index contributed by atoms with van der Waals surface area (Å²) in [7, 11) is 3.44. The molecule has 2 aliphatic heterocycles. The Balaban J connectivity index is 1.23. The number of benzene rings is 1. The molecule has 3 atom stereocenters. The number of carbonyl (C=O) groups excluding carboxylic acids is 2. The number of carbonyl (C=O) groups is 2. The van der Waals surface area contributed by atoms with Crippen LogP contribution in [0.5, 0.6) is 5.75 Å². The third-order valence-electron chi connectivity index (χ3n) is 9.46. The molecule has 246 valence electrons. The molecule has 1 saturated carbocycles. The van der Waals surface area contributed by atoms with Crippen molar-refractivity contribution in [2.75, 3.05) is 20.2 Å². The van der Waals surface area contributed by atoms with E-state index in [1.807, 2.05) is 23.7 Å². The summed E-state index contributed by atoms with van der Waals surface area (Å²) in [6.07, 6.45) is 2.62. The average molecular weight is 653 g/mol. The zero-order valence-electron chi connectivity index (χ0n) is 26.8. The van der Waals surface area contributed by atoms with E-state index in [9.17, 15) is 18.4 Å². The fourth-order valence-electron chi connectivity index (χ4n) is 6.93. The fraction of sp³-hybridized carbons (Fsp3) is 0.371. The molecule has 3 aromatic heterocycles. The number of ether oxygens (including phenoxy) is 1. The Bertz CT molecular complexity index is 2160. The van der Waals surface area contributed by atoms with Gasteiger partial charge in [-0.25, -0.2) is 28.7 Å². The average Bonchev–Trinajstić information content (AvgIpc) is 3.73. The van der Waals surface area contributed by atoms with E-state index in [0.29, 0.717) is 69.0 Å². The summed E-state index contributed by atoms with van der Waals surface area (Å²) in [5.74, 6) is 0.810. The van der Waals surface area contributed by atoms with Crippen LogP contribution in [-0.4, -0.2) is 85.8 Å². The molecule has 48 heavy (non-hydrogen) atoms. The molecule has 2 aliphatic carbocycles. The summed E-state index contributed by atoms with van der Waals surface area (Å²) in [5.41, 5.74) is 10.9. The molecule has 8 rings (SSSR count). The lowest BCUT2D eigenvalue weighted by Gasteiger charge is -2.33. The van der Waals surface area contributed by atoms with Gasteiger partial charge < -0.3 is 24.5 Å². The predicted octanol–water partition coefficient (Wildman–Crippen LogP) is 4.58. The van der Waals surface area contributed by atoms with Crippen LogP contribution in [0.2, 0.25) is 0 Å². The van der Waals surface area contributed by atoms with Gasteiger partial charge in [0, 0.05) is 42.7 Å². The quantitative estimate of drug-likeness (QED) is 0.324. The van der Waals surface area contributed by atoms with Crippen LogP contribution in [0, 0.1) is 5.92 Å². The highest BCUT2D eigenvalue weighted by Gasteiger charge is 2.32. The van der Waals surface area contributed by atoms with E-state index in [1.54, 1.807) is 32.2 Å². The Labute approximate surface area is 274 Å². The summed E-state index contributed by atoms with van der Waals surface area (Å²) >= 11 is 0. The fourth-order valence-corrected chi connectivity index (χ4v) is 6.93. The summed E-state index contributed by atoms with van der Waals surface area (Å²) in [6.45, 7) is 2.54. The van der Waals surface area contributed by atoms with Crippen molar-refractivity contribution < 1.29 is 23.1 Å². The van der Waals surface area contributed by atoms with Gasteiger partial charge in [-0.3, -0.25) is 9.59 Å². The molecule has 0 spiro atoms. The lowest BCUT2D eigenvalue weighted by atomic mass is 9.95. The Hall–Kier alpha value is -5.04. The minimum atomic E-state index is -1.40. The first kappa shape index (κ1) is 30.3. The van der Waals surface area contributed by atoms with Crippen LogP contribution < -0.4 is 10.5 Å². The maximum absolute atomic E-state index is 14.9. The monoisotopic (exact) mass is 652 g/mol. The summed E-state index contributed by atoms with van der Waals surface area (Å²) < 4.78 is 39.0. The SMILES string of the molecule is COc1cc(C(=O)N2C[C@H](N)C[C@@H](F)C2)cc2nc(-c3cc4ccc(C5=CC(F)C=C6N=C(C)C(=O)N=C65)nc4n3CC3CC3)n(C)c12. The number of methoxy groups -OCH3 is 1. The van der Waals surface area contributed by atoms with Crippen LogP contribution in [0.3, 0.4) is 0 Å². The lowest BCUT2D eigenvalue weighted by Crippen LogP contribution is -2.50. The number of aromatic nitrogens is 4. The van der Waals surface area contributed by atoms with E-state index < -0.39 is 24.3 Å². The zero-order valence-corrected chi connectivity index (χ0v) is 26.8. The standard InChI is InChI=1S/C35H34F2N8O3/c1-17-34(46)42-30-24(12-21(36)13-26(30)39-17)25-7-6-19-9-28(45(32(19)40-25)14-18-4-5-18)33-41-27-8-20(10-29(48-3)31(27)43(33)2)35(47)44-15-22(37)11-23(38)16-44/h6-10,12-13,18,21-23H,4-5,11,14-16,38H2,1-3H3/t21?,22-,23-/m1/s1. The molecule has 0 bridgehead atoms. The molecule has 5 heterocycles. The van der Waals surface area contributed by atoms with Gasteiger partial charge in [0.15, 0.2) is 5.82 Å². The highest BCUT2D eigenvalue weighted by atomic mass is 19.1. The number of aliphatic imine (C=N–C) groups is 2. The molecular formula is C35H34F2N8O3. The van der Waals surface area contributed by atoms with E-state index in [0.717, 1.165) is 23.9 Å². The maximum atomic E-state index is 14.9. The van der Waals surface area contributed by atoms with Crippen LogP contribution in [0.15, 0.2) is 58.2 Å². The van der Waals surface area contributed by atoms with Crippen molar-refractivity contribution >= 4 is 50.9 Å². The molecule has 0 radical (unpaired) electrons. The number of allylic oxidation sites excluding steroid dienone is 3. The van der Waals surface area contributed by atoms with Crippen molar-refractivity contribution in [3.63, 3.8) is 0 Å². The van der Waals surface area contributed by atoms with Crippen LogP contribution in [0.1, 0.15) is 42.2 Å². The first-order valence-electron chi connectivity index (χ1n) is 16.1. The smallest absolute Gasteiger partial charge is 0.291 e.